The largest absolute Gasteiger partial charge is 0.479 e. The van der Waals surface area contributed by atoms with Gasteiger partial charge in [0.2, 0.25) is 0 Å². The Bertz CT molecular complexity index is 981. The fourth-order valence-corrected chi connectivity index (χ4v) is 3.09. The third-order valence-electron chi connectivity index (χ3n) is 4.82. The van der Waals surface area contributed by atoms with E-state index in [1.165, 1.54) is 0 Å². The van der Waals surface area contributed by atoms with Crippen LogP contribution in [-0.4, -0.2) is 35.9 Å². The molecule has 0 fully saturated rings. The average Bonchev–Trinajstić information content (AvgIpc) is 2.85. The second-order valence-corrected chi connectivity index (χ2v) is 7.33. The first-order valence-electron chi connectivity index (χ1n) is 10.6. The maximum absolute atomic E-state index is 12.2. The number of ether oxygens (including phenoxy) is 3. The van der Waals surface area contributed by atoms with E-state index in [1.807, 2.05) is 91.0 Å². The third kappa shape index (κ3) is 8.40. The first-order valence-corrected chi connectivity index (χ1v) is 10.6. The molecule has 7 heteroatoms. The standard InChI is InChI=1S/C26H27NO6/c28-25(29)24(32-18-21-12-6-2-7-13-21)23(31-17-20-10-4-1-5-11-20)16-27-26(30)33-19-22-14-8-3-9-15-22/h1-15,23-24H,16-19H2,(H,27,30)(H,28,29)/t23-,24+/m1/s1. The molecular weight excluding hydrogens is 422 g/mol. The molecule has 3 aromatic carbocycles. The van der Waals surface area contributed by atoms with Crippen LogP contribution in [0.1, 0.15) is 16.7 Å². The lowest BCUT2D eigenvalue weighted by Crippen LogP contribution is -2.46. The highest BCUT2D eigenvalue weighted by Crippen LogP contribution is 2.12. The van der Waals surface area contributed by atoms with Gasteiger partial charge in [0.05, 0.1) is 19.8 Å². The Kier molecular flexibility index (Phi) is 9.45. The lowest BCUT2D eigenvalue weighted by atomic mass is 10.1. The van der Waals surface area contributed by atoms with Crippen molar-refractivity contribution in [3.8, 4) is 0 Å². The zero-order valence-electron chi connectivity index (χ0n) is 18.1. The van der Waals surface area contributed by atoms with Gasteiger partial charge in [-0.1, -0.05) is 91.0 Å². The van der Waals surface area contributed by atoms with E-state index in [-0.39, 0.29) is 26.4 Å². The first-order chi connectivity index (χ1) is 16.1. The molecule has 0 bridgehead atoms. The van der Waals surface area contributed by atoms with Crippen LogP contribution in [0.5, 0.6) is 0 Å². The molecule has 1 amide bonds. The summed E-state index contributed by atoms with van der Waals surface area (Å²) in [6, 6.07) is 27.9. The molecule has 3 rings (SSSR count). The van der Waals surface area contributed by atoms with Crippen LogP contribution >= 0.6 is 0 Å². The van der Waals surface area contributed by atoms with E-state index in [4.69, 9.17) is 14.2 Å². The van der Waals surface area contributed by atoms with E-state index < -0.39 is 24.3 Å². The molecule has 0 unspecified atom stereocenters. The van der Waals surface area contributed by atoms with Crippen LogP contribution in [0.25, 0.3) is 0 Å². The van der Waals surface area contributed by atoms with Crippen LogP contribution in [0, 0.1) is 0 Å². The summed E-state index contributed by atoms with van der Waals surface area (Å²) in [7, 11) is 0. The van der Waals surface area contributed by atoms with Crippen LogP contribution in [0.3, 0.4) is 0 Å². The molecule has 33 heavy (non-hydrogen) atoms. The number of amides is 1. The molecule has 0 radical (unpaired) electrons. The topological polar surface area (TPSA) is 94.1 Å². The minimum Gasteiger partial charge on any atom is -0.479 e. The van der Waals surface area contributed by atoms with Gasteiger partial charge in [-0.15, -0.1) is 0 Å². The molecule has 0 heterocycles. The van der Waals surface area contributed by atoms with Gasteiger partial charge in [-0.2, -0.15) is 0 Å². The number of hydrogen-bond acceptors (Lipinski definition) is 5. The Morgan fingerprint density at radius 1 is 0.697 bits per heavy atom. The van der Waals surface area contributed by atoms with Crippen molar-refractivity contribution in [1.82, 2.24) is 5.32 Å². The molecule has 2 N–H and O–H groups in total. The summed E-state index contributed by atoms with van der Waals surface area (Å²) in [4.78, 5) is 24.2. The highest BCUT2D eigenvalue weighted by Gasteiger charge is 2.31. The maximum atomic E-state index is 12.2. The van der Waals surface area contributed by atoms with Gasteiger partial charge in [0.1, 0.15) is 12.7 Å². The summed E-state index contributed by atoms with van der Waals surface area (Å²) in [5.74, 6) is -1.18. The predicted octanol–water partition coefficient (Wildman–Crippen LogP) is 4.17. The Morgan fingerprint density at radius 2 is 1.15 bits per heavy atom. The minimum absolute atomic E-state index is 0.0911. The normalized spacial score (nSPS) is 12.5. The van der Waals surface area contributed by atoms with Gasteiger partial charge in [-0.25, -0.2) is 9.59 Å². The second-order valence-electron chi connectivity index (χ2n) is 7.33. The molecule has 0 saturated carbocycles. The smallest absolute Gasteiger partial charge is 0.407 e. The van der Waals surface area contributed by atoms with Crippen molar-refractivity contribution in [1.29, 1.82) is 0 Å². The minimum atomic E-state index is -1.29. The fraction of sp³-hybridized carbons (Fsp3) is 0.231. The van der Waals surface area contributed by atoms with E-state index in [0.717, 1.165) is 16.7 Å². The molecule has 0 aliphatic carbocycles. The van der Waals surface area contributed by atoms with Gasteiger partial charge >= 0.3 is 12.1 Å². The van der Waals surface area contributed by atoms with Crippen LogP contribution in [0.2, 0.25) is 0 Å². The summed E-state index contributed by atoms with van der Waals surface area (Å²) >= 11 is 0. The van der Waals surface area contributed by atoms with Gasteiger partial charge < -0.3 is 24.6 Å². The molecule has 3 aromatic rings. The van der Waals surface area contributed by atoms with E-state index in [1.54, 1.807) is 0 Å². The first kappa shape index (κ1) is 24.0. The molecule has 0 aliphatic heterocycles. The van der Waals surface area contributed by atoms with Crippen molar-refractivity contribution < 1.29 is 28.9 Å². The molecule has 2 atom stereocenters. The van der Waals surface area contributed by atoms with E-state index in [0.29, 0.717) is 0 Å². The molecule has 0 spiro atoms. The van der Waals surface area contributed by atoms with Gasteiger partial charge in [-0.3, -0.25) is 0 Å². The summed E-state index contributed by atoms with van der Waals surface area (Å²) in [6.07, 6.45) is -2.89. The van der Waals surface area contributed by atoms with E-state index in [9.17, 15) is 14.7 Å². The highest BCUT2D eigenvalue weighted by atomic mass is 16.6. The number of carbonyl (C=O) groups excluding carboxylic acids is 1. The monoisotopic (exact) mass is 449 g/mol. The van der Waals surface area contributed by atoms with Crippen LogP contribution in [0.15, 0.2) is 91.0 Å². The molecule has 0 aromatic heterocycles. The number of aliphatic carboxylic acids is 1. The number of carbonyl (C=O) groups is 2. The Balaban J connectivity index is 1.61. The van der Waals surface area contributed by atoms with Gasteiger partial charge in [-0.05, 0) is 16.7 Å². The molecule has 0 saturated heterocycles. The van der Waals surface area contributed by atoms with Crippen molar-refractivity contribution in [2.75, 3.05) is 6.54 Å². The van der Waals surface area contributed by atoms with Gasteiger partial charge in [0.15, 0.2) is 6.10 Å². The van der Waals surface area contributed by atoms with Crippen LogP contribution in [0.4, 0.5) is 4.79 Å². The number of nitrogens with one attached hydrogen (secondary N) is 1. The Morgan fingerprint density at radius 3 is 1.64 bits per heavy atom. The number of carboxylic acid groups (broad SMARTS) is 1. The van der Waals surface area contributed by atoms with Crippen molar-refractivity contribution in [3.63, 3.8) is 0 Å². The van der Waals surface area contributed by atoms with E-state index in [2.05, 4.69) is 5.32 Å². The molecule has 7 nitrogen and oxygen atoms in total. The number of alkyl carbamates (subject to hydrolysis) is 1. The Hall–Kier alpha value is -3.68. The molecule has 172 valence electrons. The summed E-state index contributed by atoms with van der Waals surface area (Å²) in [5, 5.41) is 12.4. The van der Waals surface area contributed by atoms with Gasteiger partial charge in [0, 0.05) is 0 Å². The van der Waals surface area contributed by atoms with Crippen molar-refractivity contribution in [2.24, 2.45) is 0 Å². The fourth-order valence-electron chi connectivity index (χ4n) is 3.09. The zero-order chi connectivity index (χ0) is 23.3. The highest BCUT2D eigenvalue weighted by molar-refractivity contribution is 5.73. The van der Waals surface area contributed by atoms with Crippen LogP contribution in [-0.2, 0) is 38.8 Å². The lowest BCUT2D eigenvalue weighted by Gasteiger charge is -2.25. The molecule has 0 aliphatic rings. The number of hydrogen-bond donors (Lipinski definition) is 2. The summed E-state index contributed by atoms with van der Waals surface area (Å²) in [6.45, 7) is 0.285. The number of benzene rings is 3. The summed E-state index contributed by atoms with van der Waals surface area (Å²) in [5.41, 5.74) is 2.56. The van der Waals surface area contributed by atoms with Crippen molar-refractivity contribution in [3.05, 3.63) is 108 Å². The summed E-state index contributed by atoms with van der Waals surface area (Å²) < 4.78 is 16.8. The quantitative estimate of drug-likeness (QED) is 0.431. The number of carboxylic acids is 1. The second kappa shape index (κ2) is 13.0. The molecular formula is C26H27NO6. The van der Waals surface area contributed by atoms with Crippen molar-refractivity contribution in [2.45, 2.75) is 32.0 Å². The lowest BCUT2D eigenvalue weighted by molar-refractivity contribution is -0.164. The Labute approximate surface area is 192 Å². The van der Waals surface area contributed by atoms with Crippen LogP contribution < -0.4 is 5.32 Å². The average molecular weight is 450 g/mol. The third-order valence-corrected chi connectivity index (χ3v) is 4.82. The SMILES string of the molecule is O=C(NC[C@@H](OCc1ccccc1)[C@H](OCc1ccccc1)C(=O)O)OCc1ccccc1. The van der Waals surface area contributed by atoms with Gasteiger partial charge in [0.25, 0.3) is 0 Å². The predicted molar refractivity (Wildman–Crippen MR) is 122 cm³/mol. The maximum Gasteiger partial charge on any atom is 0.407 e. The number of rotatable bonds is 12. The van der Waals surface area contributed by atoms with E-state index >= 15 is 0 Å². The van der Waals surface area contributed by atoms with Crippen molar-refractivity contribution >= 4 is 12.1 Å². The zero-order valence-corrected chi connectivity index (χ0v) is 18.1.